The number of nitrogens with zero attached hydrogens (tertiary/aromatic N) is 1. The number of nitro benzene ring substituents is 1. The van der Waals surface area contributed by atoms with Crippen molar-refractivity contribution < 1.29 is 23.6 Å². The lowest BCUT2D eigenvalue weighted by Crippen LogP contribution is -2.41. The molecule has 1 aromatic rings. The van der Waals surface area contributed by atoms with E-state index in [1.54, 1.807) is 27.7 Å². The summed E-state index contributed by atoms with van der Waals surface area (Å²) in [6.45, 7) is 6.80. The van der Waals surface area contributed by atoms with E-state index >= 15 is 0 Å². The summed E-state index contributed by atoms with van der Waals surface area (Å²) >= 11 is 0. The van der Waals surface area contributed by atoms with Crippen molar-refractivity contribution in [2.75, 3.05) is 0 Å². The predicted octanol–water partition coefficient (Wildman–Crippen LogP) is 3.37. The van der Waals surface area contributed by atoms with Crippen LogP contribution in [-0.2, 0) is 4.74 Å². The van der Waals surface area contributed by atoms with E-state index < -0.39 is 28.7 Å². The number of nitrogens with one attached hydrogen (secondary N) is 1. The SMILES string of the molecule is CCC(NC(=O)OC(C)(C)C)Oc1cc(F)ccc1[N+](=O)[O-]. The number of nitro groups is 1. The molecule has 0 saturated heterocycles. The van der Waals surface area contributed by atoms with Gasteiger partial charge in [0.2, 0.25) is 5.75 Å². The summed E-state index contributed by atoms with van der Waals surface area (Å²) in [5.74, 6) is -0.930. The van der Waals surface area contributed by atoms with Gasteiger partial charge in [0.15, 0.2) is 6.23 Å². The summed E-state index contributed by atoms with van der Waals surface area (Å²) in [5, 5.41) is 13.3. The number of rotatable bonds is 5. The van der Waals surface area contributed by atoms with Crippen molar-refractivity contribution in [2.24, 2.45) is 0 Å². The van der Waals surface area contributed by atoms with E-state index in [0.717, 1.165) is 18.2 Å². The zero-order valence-electron chi connectivity index (χ0n) is 12.9. The second-order valence-electron chi connectivity index (χ2n) is 5.53. The zero-order chi connectivity index (χ0) is 16.9. The Morgan fingerprint density at radius 2 is 2.09 bits per heavy atom. The number of halogens is 1. The fourth-order valence-electron chi connectivity index (χ4n) is 1.54. The number of hydrogen-bond acceptors (Lipinski definition) is 5. The molecule has 1 rings (SSSR count). The lowest BCUT2D eigenvalue weighted by molar-refractivity contribution is -0.386. The maximum Gasteiger partial charge on any atom is 0.410 e. The second kappa shape index (κ2) is 7.06. The third-order valence-corrected chi connectivity index (χ3v) is 2.44. The van der Waals surface area contributed by atoms with Gasteiger partial charge < -0.3 is 9.47 Å². The molecule has 0 radical (unpaired) electrons. The molecule has 0 aliphatic rings. The minimum absolute atomic E-state index is 0.257. The molecular weight excluding hydrogens is 295 g/mol. The molecule has 22 heavy (non-hydrogen) atoms. The molecule has 1 unspecified atom stereocenters. The van der Waals surface area contributed by atoms with Gasteiger partial charge in [0.05, 0.1) is 4.92 Å². The van der Waals surface area contributed by atoms with E-state index in [1.807, 2.05) is 0 Å². The molecule has 122 valence electrons. The van der Waals surface area contributed by atoms with Crippen LogP contribution in [0, 0.1) is 15.9 Å². The first-order chi connectivity index (χ1) is 10.1. The van der Waals surface area contributed by atoms with Crippen LogP contribution in [0.15, 0.2) is 18.2 Å². The highest BCUT2D eigenvalue weighted by atomic mass is 19.1. The first kappa shape index (κ1) is 17.7. The lowest BCUT2D eigenvalue weighted by Gasteiger charge is -2.23. The molecule has 1 amide bonds. The standard InChI is InChI=1S/C14H19FN2O5/c1-5-12(16-13(18)22-14(2,3)4)21-11-8-9(15)6-7-10(11)17(19)20/h6-8,12H,5H2,1-4H3,(H,16,18). The molecule has 0 aliphatic heterocycles. The van der Waals surface area contributed by atoms with E-state index in [2.05, 4.69) is 5.32 Å². The van der Waals surface area contributed by atoms with Crippen LogP contribution in [-0.4, -0.2) is 22.8 Å². The average Bonchev–Trinajstić information content (AvgIpc) is 2.35. The van der Waals surface area contributed by atoms with Crippen LogP contribution in [0.3, 0.4) is 0 Å². The molecular formula is C14H19FN2O5. The fraction of sp³-hybridized carbons (Fsp3) is 0.500. The quantitative estimate of drug-likeness (QED) is 0.511. The van der Waals surface area contributed by atoms with Gasteiger partial charge in [-0.25, -0.2) is 9.18 Å². The highest BCUT2D eigenvalue weighted by Gasteiger charge is 2.23. The Hall–Kier alpha value is -2.38. The van der Waals surface area contributed by atoms with Gasteiger partial charge in [-0.3, -0.25) is 15.4 Å². The topological polar surface area (TPSA) is 90.7 Å². The summed E-state index contributed by atoms with van der Waals surface area (Å²) in [4.78, 5) is 21.9. The first-order valence-corrected chi connectivity index (χ1v) is 6.72. The minimum Gasteiger partial charge on any atom is -0.463 e. The summed E-state index contributed by atoms with van der Waals surface area (Å²) in [5.41, 5.74) is -1.07. The van der Waals surface area contributed by atoms with Crippen molar-refractivity contribution in [3.63, 3.8) is 0 Å². The van der Waals surface area contributed by atoms with Gasteiger partial charge in [0, 0.05) is 18.6 Å². The van der Waals surface area contributed by atoms with Gasteiger partial charge in [-0.2, -0.15) is 0 Å². The normalized spacial score (nSPS) is 12.4. The summed E-state index contributed by atoms with van der Waals surface area (Å²) in [7, 11) is 0. The van der Waals surface area contributed by atoms with Crippen LogP contribution >= 0.6 is 0 Å². The molecule has 0 bridgehead atoms. The predicted molar refractivity (Wildman–Crippen MR) is 77.1 cm³/mol. The molecule has 0 aromatic heterocycles. The number of ether oxygens (including phenoxy) is 2. The average molecular weight is 314 g/mol. The van der Waals surface area contributed by atoms with Gasteiger partial charge in [0.25, 0.3) is 0 Å². The van der Waals surface area contributed by atoms with Crippen LogP contribution in [0.25, 0.3) is 0 Å². The number of hydrogen-bond donors (Lipinski definition) is 1. The molecule has 0 spiro atoms. The van der Waals surface area contributed by atoms with Crippen molar-refractivity contribution in [3.8, 4) is 5.75 Å². The van der Waals surface area contributed by atoms with Gasteiger partial charge in [-0.1, -0.05) is 6.92 Å². The van der Waals surface area contributed by atoms with E-state index in [9.17, 15) is 19.3 Å². The minimum atomic E-state index is -0.879. The highest BCUT2D eigenvalue weighted by molar-refractivity contribution is 5.68. The Morgan fingerprint density at radius 1 is 1.45 bits per heavy atom. The Morgan fingerprint density at radius 3 is 2.59 bits per heavy atom. The largest absolute Gasteiger partial charge is 0.463 e. The Bertz CT molecular complexity index is 557. The highest BCUT2D eigenvalue weighted by Crippen LogP contribution is 2.28. The molecule has 0 fully saturated rings. The van der Waals surface area contributed by atoms with Crippen molar-refractivity contribution >= 4 is 11.8 Å². The van der Waals surface area contributed by atoms with Crippen LogP contribution in [0.4, 0.5) is 14.9 Å². The third kappa shape index (κ3) is 5.55. The van der Waals surface area contributed by atoms with Crippen molar-refractivity contribution in [1.82, 2.24) is 5.32 Å². The molecule has 1 aromatic carbocycles. The van der Waals surface area contributed by atoms with Crippen LogP contribution in [0.1, 0.15) is 34.1 Å². The molecule has 7 nitrogen and oxygen atoms in total. The first-order valence-electron chi connectivity index (χ1n) is 6.72. The van der Waals surface area contributed by atoms with Crippen LogP contribution < -0.4 is 10.1 Å². The van der Waals surface area contributed by atoms with E-state index in [-0.39, 0.29) is 11.4 Å². The fourth-order valence-corrected chi connectivity index (χ4v) is 1.54. The smallest absolute Gasteiger partial charge is 0.410 e. The summed E-state index contributed by atoms with van der Waals surface area (Å²) in [6, 6.07) is 2.87. The molecule has 1 N–H and O–H groups in total. The van der Waals surface area contributed by atoms with Gasteiger partial charge in [-0.15, -0.1) is 0 Å². The van der Waals surface area contributed by atoms with Gasteiger partial charge >= 0.3 is 11.8 Å². The van der Waals surface area contributed by atoms with Crippen LogP contribution in [0.2, 0.25) is 0 Å². The molecule has 0 aliphatic carbocycles. The van der Waals surface area contributed by atoms with E-state index in [4.69, 9.17) is 9.47 Å². The van der Waals surface area contributed by atoms with E-state index in [0.29, 0.717) is 6.42 Å². The maximum atomic E-state index is 13.2. The van der Waals surface area contributed by atoms with Crippen molar-refractivity contribution in [1.29, 1.82) is 0 Å². The third-order valence-electron chi connectivity index (χ3n) is 2.44. The Labute approximate surface area is 127 Å². The lowest BCUT2D eigenvalue weighted by atomic mass is 10.2. The number of benzene rings is 1. The number of alkyl carbamates (subject to hydrolysis) is 1. The zero-order valence-corrected chi connectivity index (χ0v) is 12.9. The molecule has 1 atom stereocenters. The molecule has 8 heteroatoms. The molecule has 0 heterocycles. The van der Waals surface area contributed by atoms with Crippen LogP contribution in [0.5, 0.6) is 5.75 Å². The number of carbonyl (C=O) groups is 1. The van der Waals surface area contributed by atoms with Gasteiger partial charge in [0.1, 0.15) is 11.4 Å². The number of amides is 1. The van der Waals surface area contributed by atoms with Gasteiger partial charge in [-0.05, 0) is 26.8 Å². The summed E-state index contributed by atoms with van der Waals surface area (Å²) < 4.78 is 23.6. The second-order valence-corrected chi connectivity index (χ2v) is 5.53. The molecule has 0 saturated carbocycles. The van der Waals surface area contributed by atoms with Crippen molar-refractivity contribution in [3.05, 3.63) is 34.1 Å². The Kier molecular flexibility index (Phi) is 5.67. The van der Waals surface area contributed by atoms with E-state index in [1.165, 1.54) is 0 Å². The monoisotopic (exact) mass is 314 g/mol. The number of carbonyl (C=O) groups excluding carboxylic acids is 1. The Balaban J connectivity index is 2.84. The maximum absolute atomic E-state index is 13.2. The van der Waals surface area contributed by atoms with Crippen molar-refractivity contribution in [2.45, 2.75) is 45.9 Å². The summed E-state index contributed by atoms with van der Waals surface area (Å²) in [6.07, 6.45) is -1.29.